The van der Waals surface area contributed by atoms with Gasteiger partial charge >= 0.3 is 0 Å². The van der Waals surface area contributed by atoms with Crippen LogP contribution in [0.15, 0.2) is 65.8 Å². The van der Waals surface area contributed by atoms with Crippen molar-refractivity contribution < 1.29 is 17.9 Å². The fourth-order valence-corrected chi connectivity index (χ4v) is 5.50. The van der Waals surface area contributed by atoms with Gasteiger partial charge in [0.15, 0.2) is 0 Å². The summed E-state index contributed by atoms with van der Waals surface area (Å²) in [4.78, 5) is 12.7. The van der Waals surface area contributed by atoms with E-state index >= 15 is 0 Å². The minimum absolute atomic E-state index is 0.0909. The van der Waals surface area contributed by atoms with Crippen LogP contribution in [0.4, 0.5) is 5.69 Å². The lowest BCUT2D eigenvalue weighted by molar-refractivity contribution is -0.116. The van der Waals surface area contributed by atoms with E-state index in [1.165, 1.54) is 10.4 Å². The van der Waals surface area contributed by atoms with Crippen molar-refractivity contribution in [3.05, 3.63) is 66.5 Å². The van der Waals surface area contributed by atoms with Gasteiger partial charge in [0, 0.05) is 31.4 Å². The second-order valence-corrected chi connectivity index (χ2v) is 9.79. The standard InChI is InChI=1S/C24H28N4O4S/c1-2-32-22-12-11-20(16-23(22)33(30,31)27-14-6-7-15-27)26-24(29)13-10-19-17-25-28(18-19)21-8-4-3-5-9-21/h3-5,8-9,11-12,16-18H,2,6-7,10,13-15H2,1H3,(H,26,29). The van der Waals surface area contributed by atoms with Crippen molar-refractivity contribution in [3.63, 3.8) is 0 Å². The number of benzene rings is 2. The monoisotopic (exact) mass is 468 g/mol. The quantitative estimate of drug-likeness (QED) is 0.518. The van der Waals surface area contributed by atoms with Crippen molar-refractivity contribution in [1.82, 2.24) is 14.1 Å². The van der Waals surface area contributed by atoms with Gasteiger partial charge in [0.25, 0.3) is 0 Å². The Labute approximate surface area is 194 Å². The maximum absolute atomic E-state index is 13.1. The van der Waals surface area contributed by atoms with E-state index in [1.54, 1.807) is 23.0 Å². The molecule has 1 saturated heterocycles. The van der Waals surface area contributed by atoms with Gasteiger partial charge in [-0.1, -0.05) is 18.2 Å². The number of para-hydroxylation sites is 1. The molecule has 2 heterocycles. The van der Waals surface area contributed by atoms with Crippen molar-refractivity contribution in [3.8, 4) is 11.4 Å². The molecule has 0 unspecified atom stereocenters. The van der Waals surface area contributed by atoms with Gasteiger partial charge in [-0.2, -0.15) is 9.40 Å². The number of nitrogens with zero attached hydrogens (tertiary/aromatic N) is 3. The van der Waals surface area contributed by atoms with Gasteiger partial charge < -0.3 is 10.1 Å². The Morgan fingerprint density at radius 1 is 1.12 bits per heavy atom. The molecule has 1 aromatic heterocycles. The Balaban J connectivity index is 1.43. The number of aromatic nitrogens is 2. The number of nitrogens with one attached hydrogen (secondary N) is 1. The van der Waals surface area contributed by atoms with Gasteiger partial charge in [-0.3, -0.25) is 4.79 Å². The van der Waals surface area contributed by atoms with Crippen LogP contribution in [0.5, 0.6) is 5.75 Å². The third-order valence-corrected chi connectivity index (χ3v) is 7.43. The Bertz CT molecular complexity index is 1200. The van der Waals surface area contributed by atoms with E-state index < -0.39 is 10.0 Å². The summed E-state index contributed by atoms with van der Waals surface area (Å²) >= 11 is 0. The Hall–Kier alpha value is -3.17. The third kappa shape index (κ3) is 5.43. The van der Waals surface area contributed by atoms with Crippen molar-refractivity contribution in [1.29, 1.82) is 0 Å². The van der Waals surface area contributed by atoms with E-state index in [0.717, 1.165) is 24.1 Å². The van der Waals surface area contributed by atoms with E-state index in [1.807, 2.05) is 43.5 Å². The van der Waals surface area contributed by atoms with E-state index in [4.69, 9.17) is 4.74 Å². The molecule has 1 fully saturated rings. The number of anilines is 1. The fraction of sp³-hybridized carbons (Fsp3) is 0.333. The highest BCUT2D eigenvalue weighted by molar-refractivity contribution is 7.89. The van der Waals surface area contributed by atoms with Gasteiger partial charge in [-0.05, 0) is 62.1 Å². The number of sulfonamides is 1. The molecule has 1 N–H and O–H groups in total. The molecule has 4 rings (SSSR count). The minimum Gasteiger partial charge on any atom is -0.492 e. The molecule has 1 amide bonds. The zero-order chi connectivity index (χ0) is 23.3. The Kier molecular flexibility index (Phi) is 7.10. The molecule has 2 aromatic carbocycles. The van der Waals surface area contributed by atoms with Gasteiger partial charge in [0.2, 0.25) is 15.9 Å². The van der Waals surface area contributed by atoms with E-state index in [2.05, 4.69) is 10.4 Å². The normalized spacial score (nSPS) is 14.3. The van der Waals surface area contributed by atoms with Crippen molar-refractivity contribution >= 4 is 21.6 Å². The Morgan fingerprint density at radius 3 is 2.61 bits per heavy atom. The number of amides is 1. The van der Waals surface area contributed by atoms with Gasteiger partial charge in [0.1, 0.15) is 10.6 Å². The summed E-state index contributed by atoms with van der Waals surface area (Å²) in [5, 5.41) is 7.17. The average Bonchev–Trinajstić information content (AvgIpc) is 3.52. The molecule has 9 heteroatoms. The van der Waals surface area contributed by atoms with Crippen LogP contribution >= 0.6 is 0 Å². The number of carbonyl (C=O) groups excluding carboxylic acids is 1. The predicted molar refractivity (Wildman–Crippen MR) is 126 cm³/mol. The van der Waals surface area contributed by atoms with Crippen LogP contribution < -0.4 is 10.1 Å². The SMILES string of the molecule is CCOc1ccc(NC(=O)CCc2cnn(-c3ccccc3)c2)cc1S(=O)(=O)N1CCCC1. The van der Waals surface area contributed by atoms with Crippen LogP contribution in [0.25, 0.3) is 5.69 Å². The third-order valence-electron chi connectivity index (χ3n) is 5.51. The van der Waals surface area contributed by atoms with Crippen molar-refractivity contribution in [2.75, 3.05) is 25.0 Å². The number of rotatable bonds is 9. The summed E-state index contributed by atoms with van der Waals surface area (Å²) in [6, 6.07) is 14.5. The maximum atomic E-state index is 13.1. The highest BCUT2D eigenvalue weighted by Gasteiger charge is 2.30. The lowest BCUT2D eigenvalue weighted by Crippen LogP contribution is -2.28. The van der Waals surface area contributed by atoms with Gasteiger partial charge in [-0.15, -0.1) is 0 Å². The molecule has 33 heavy (non-hydrogen) atoms. The van der Waals surface area contributed by atoms with Crippen LogP contribution in [-0.4, -0.2) is 48.1 Å². The average molecular weight is 469 g/mol. The largest absolute Gasteiger partial charge is 0.492 e. The Morgan fingerprint density at radius 2 is 1.88 bits per heavy atom. The molecule has 0 saturated carbocycles. The number of ether oxygens (including phenoxy) is 1. The first-order chi connectivity index (χ1) is 16.0. The molecule has 3 aromatic rings. The first-order valence-electron chi connectivity index (χ1n) is 11.1. The zero-order valence-electron chi connectivity index (χ0n) is 18.6. The fourth-order valence-electron chi connectivity index (χ4n) is 3.82. The van der Waals surface area contributed by atoms with Crippen LogP contribution in [0, 0.1) is 0 Å². The van der Waals surface area contributed by atoms with E-state index in [0.29, 0.717) is 37.6 Å². The summed E-state index contributed by atoms with van der Waals surface area (Å²) in [5.74, 6) is 0.104. The number of aryl methyl sites for hydroxylation is 1. The summed E-state index contributed by atoms with van der Waals surface area (Å²) < 4.78 is 35.0. The number of hydrogen-bond donors (Lipinski definition) is 1. The molecular weight excluding hydrogens is 440 g/mol. The maximum Gasteiger partial charge on any atom is 0.246 e. The lowest BCUT2D eigenvalue weighted by atomic mass is 10.2. The topological polar surface area (TPSA) is 93.5 Å². The van der Waals surface area contributed by atoms with E-state index in [-0.39, 0.29) is 17.2 Å². The van der Waals surface area contributed by atoms with Crippen LogP contribution in [0.1, 0.15) is 31.7 Å². The van der Waals surface area contributed by atoms with Crippen molar-refractivity contribution in [2.45, 2.75) is 37.5 Å². The van der Waals surface area contributed by atoms with Crippen LogP contribution in [0.2, 0.25) is 0 Å². The first kappa shape index (κ1) is 23.0. The lowest BCUT2D eigenvalue weighted by Gasteiger charge is -2.19. The first-order valence-corrected chi connectivity index (χ1v) is 12.6. The molecule has 1 aliphatic heterocycles. The molecular formula is C24H28N4O4S. The summed E-state index contributed by atoms with van der Waals surface area (Å²) in [5.41, 5.74) is 2.33. The molecule has 0 spiro atoms. The van der Waals surface area contributed by atoms with Crippen LogP contribution in [-0.2, 0) is 21.2 Å². The molecule has 8 nitrogen and oxygen atoms in total. The molecule has 0 aliphatic carbocycles. The molecule has 1 aliphatic rings. The summed E-state index contributed by atoms with van der Waals surface area (Å²) in [6.45, 7) is 3.16. The highest BCUT2D eigenvalue weighted by Crippen LogP contribution is 2.31. The molecule has 0 radical (unpaired) electrons. The van der Waals surface area contributed by atoms with Crippen LogP contribution in [0.3, 0.4) is 0 Å². The van der Waals surface area contributed by atoms with Gasteiger partial charge in [-0.25, -0.2) is 13.1 Å². The predicted octanol–water partition coefficient (Wildman–Crippen LogP) is 3.63. The van der Waals surface area contributed by atoms with E-state index in [9.17, 15) is 13.2 Å². The molecule has 174 valence electrons. The minimum atomic E-state index is -3.68. The summed E-state index contributed by atoms with van der Waals surface area (Å²) in [7, 11) is -3.68. The summed E-state index contributed by atoms with van der Waals surface area (Å²) in [6.07, 6.45) is 6.12. The van der Waals surface area contributed by atoms with Crippen molar-refractivity contribution in [2.24, 2.45) is 0 Å². The van der Waals surface area contributed by atoms with Gasteiger partial charge in [0.05, 0.1) is 18.5 Å². The molecule has 0 atom stereocenters. The highest BCUT2D eigenvalue weighted by atomic mass is 32.2. The molecule has 0 bridgehead atoms. The smallest absolute Gasteiger partial charge is 0.246 e. The second kappa shape index (κ2) is 10.2. The number of carbonyl (C=O) groups is 1. The number of hydrogen-bond acceptors (Lipinski definition) is 5. The second-order valence-electron chi connectivity index (χ2n) is 7.88. The zero-order valence-corrected chi connectivity index (χ0v) is 19.4.